The highest BCUT2D eigenvalue weighted by Crippen LogP contribution is 2.08. The molecule has 0 aromatic heterocycles. The zero-order valence-corrected chi connectivity index (χ0v) is 8.06. The highest BCUT2D eigenvalue weighted by Gasteiger charge is 2.27. The van der Waals surface area contributed by atoms with Crippen molar-refractivity contribution in [3.63, 3.8) is 0 Å². The molecular formula is C8H15N3O3. The van der Waals surface area contributed by atoms with Gasteiger partial charge in [0.2, 0.25) is 5.91 Å². The second kappa shape index (κ2) is 4.28. The number of carbonyl (C=O) groups excluding carboxylic acids is 1. The van der Waals surface area contributed by atoms with Gasteiger partial charge in [-0.3, -0.25) is 4.79 Å². The molecule has 0 spiro atoms. The molecule has 1 rings (SSSR count). The maximum atomic E-state index is 11.2. The van der Waals surface area contributed by atoms with Crippen molar-refractivity contribution in [2.75, 3.05) is 13.1 Å². The first-order valence-electron chi connectivity index (χ1n) is 4.54. The first-order valence-corrected chi connectivity index (χ1v) is 4.54. The standard InChI is InChI=1S/C8H15N3O3/c1-5(9)7(12)10-6-2-3-11(4-6)8(13)14/h5-6H,2-4,9H2,1H3,(H,10,12)(H,13,14)/t5-,6-/m0/s1. The van der Waals surface area contributed by atoms with Crippen LogP contribution in [-0.4, -0.2) is 47.2 Å². The van der Waals surface area contributed by atoms with E-state index in [1.165, 1.54) is 4.90 Å². The van der Waals surface area contributed by atoms with Gasteiger partial charge in [0.05, 0.1) is 6.04 Å². The molecule has 4 N–H and O–H groups in total. The molecule has 0 saturated carbocycles. The van der Waals surface area contributed by atoms with Crippen LogP contribution in [0.1, 0.15) is 13.3 Å². The predicted octanol–water partition coefficient (Wildman–Crippen LogP) is -0.798. The number of nitrogens with one attached hydrogen (secondary N) is 1. The quantitative estimate of drug-likeness (QED) is 0.545. The molecular weight excluding hydrogens is 186 g/mol. The molecule has 6 nitrogen and oxygen atoms in total. The Morgan fingerprint density at radius 3 is 2.71 bits per heavy atom. The van der Waals surface area contributed by atoms with E-state index in [1.807, 2.05) is 0 Å². The van der Waals surface area contributed by atoms with Crippen LogP contribution in [-0.2, 0) is 4.79 Å². The fraction of sp³-hybridized carbons (Fsp3) is 0.750. The number of carbonyl (C=O) groups is 2. The van der Waals surface area contributed by atoms with E-state index >= 15 is 0 Å². The first-order chi connectivity index (χ1) is 6.50. The van der Waals surface area contributed by atoms with E-state index in [0.717, 1.165) is 0 Å². The molecule has 1 saturated heterocycles. The molecule has 80 valence electrons. The van der Waals surface area contributed by atoms with Gasteiger partial charge in [0.15, 0.2) is 0 Å². The van der Waals surface area contributed by atoms with Crippen molar-refractivity contribution < 1.29 is 14.7 Å². The SMILES string of the molecule is C[C@H](N)C(=O)N[C@H]1CCN(C(=O)O)C1. The van der Waals surface area contributed by atoms with Gasteiger partial charge in [-0.25, -0.2) is 4.79 Å². The van der Waals surface area contributed by atoms with Gasteiger partial charge >= 0.3 is 6.09 Å². The lowest BCUT2D eigenvalue weighted by atomic mass is 10.2. The smallest absolute Gasteiger partial charge is 0.407 e. The van der Waals surface area contributed by atoms with Crippen molar-refractivity contribution in [1.82, 2.24) is 10.2 Å². The van der Waals surface area contributed by atoms with E-state index in [1.54, 1.807) is 6.92 Å². The second-order valence-corrected chi connectivity index (χ2v) is 3.51. The van der Waals surface area contributed by atoms with Crippen LogP contribution in [0.25, 0.3) is 0 Å². The fourth-order valence-electron chi connectivity index (χ4n) is 1.38. The Bertz CT molecular complexity index is 242. The molecule has 0 radical (unpaired) electrons. The van der Waals surface area contributed by atoms with Crippen LogP contribution in [0.2, 0.25) is 0 Å². The van der Waals surface area contributed by atoms with E-state index in [0.29, 0.717) is 19.5 Å². The lowest BCUT2D eigenvalue weighted by molar-refractivity contribution is -0.122. The highest BCUT2D eigenvalue weighted by molar-refractivity contribution is 5.81. The molecule has 2 amide bonds. The van der Waals surface area contributed by atoms with Crippen LogP contribution >= 0.6 is 0 Å². The van der Waals surface area contributed by atoms with Gasteiger partial charge < -0.3 is 21.1 Å². The molecule has 1 heterocycles. The molecule has 2 atom stereocenters. The summed E-state index contributed by atoms with van der Waals surface area (Å²) in [5, 5.41) is 11.4. The lowest BCUT2D eigenvalue weighted by Crippen LogP contribution is -2.45. The molecule has 6 heteroatoms. The minimum Gasteiger partial charge on any atom is -0.465 e. The summed E-state index contributed by atoms with van der Waals surface area (Å²) >= 11 is 0. The topological polar surface area (TPSA) is 95.7 Å². The third-order valence-corrected chi connectivity index (χ3v) is 2.22. The predicted molar refractivity (Wildman–Crippen MR) is 49.8 cm³/mol. The average molecular weight is 201 g/mol. The second-order valence-electron chi connectivity index (χ2n) is 3.51. The third-order valence-electron chi connectivity index (χ3n) is 2.22. The first kappa shape index (κ1) is 10.8. The van der Waals surface area contributed by atoms with E-state index in [-0.39, 0.29) is 11.9 Å². The monoisotopic (exact) mass is 201 g/mol. The largest absolute Gasteiger partial charge is 0.465 e. The number of nitrogens with two attached hydrogens (primary N) is 1. The summed E-state index contributed by atoms with van der Waals surface area (Å²) in [5.41, 5.74) is 5.37. The number of hydrogen-bond donors (Lipinski definition) is 3. The number of rotatable bonds is 2. The van der Waals surface area contributed by atoms with E-state index in [2.05, 4.69) is 5.32 Å². The normalized spacial score (nSPS) is 23.3. The molecule has 14 heavy (non-hydrogen) atoms. The van der Waals surface area contributed by atoms with Gasteiger partial charge in [-0.1, -0.05) is 0 Å². The van der Waals surface area contributed by atoms with E-state index in [4.69, 9.17) is 10.8 Å². The van der Waals surface area contributed by atoms with Crippen LogP contribution < -0.4 is 11.1 Å². The van der Waals surface area contributed by atoms with Crippen LogP contribution in [0.4, 0.5) is 4.79 Å². The Hall–Kier alpha value is -1.30. The molecule has 0 aliphatic carbocycles. The van der Waals surface area contributed by atoms with Crippen LogP contribution in [0.15, 0.2) is 0 Å². The number of nitrogens with zero attached hydrogens (tertiary/aromatic N) is 1. The molecule has 1 aliphatic heterocycles. The summed E-state index contributed by atoms with van der Waals surface area (Å²) in [5.74, 6) is -0.234. The van der Waals surface area contributed by atoms with Crippen LogP contribution in [0.5, 0.6) is 0 Å². The molecule has 0 aromatic rings. The van der Waals surface area contributed by atoms with Gasteiger partial charge in [-0.15, -0.1) is 0 Å². The molecule has 1 aliphatic rings. The average Bonchev–Trinajstić information content (AvgIpc) is 2.52. The zero-order chi connectivity index (χ0) is 10.7. The number of hydrogen-bond acceptors (Lipinski definition) is 3. The maximum absolute atomic E-state index is 11.2. The van der Waals surface area contributed by atoms with Crippen LogP contribution in [0.3, 0.4) is 0 Å². The van der Waals surface area contributed by atoms with Gasteiger partial charge in [0.1, 0.15) is 0 Å². The molecule has 0 bridgehead atoms. The summed E-state index contributed by atoms with van der Waals surface area (Å²) in [6.45, 7) is 2.42. The van der Waals surface area contributed by atoms with Gasteiger partial charge in [0.25, 0.3) is 0 Å². The number of amides is 2. The number of carboxylic acid groups (broad SMARTS) is 1. The maximum Gasteiger partial charge on any atom is 0.407 e. The van der Waals surface area contributed by atoms with Crippen molar-refractivity contribution in [1.29, 1.82) is 0 Å². The zero-order valence-electron chi connectivity index (χ0n) is 8.06. The van der Waals surface area contributed by atoms with Crippen molar-refractivity contribution >= 4 is 12.0 Å². The Balaban J connectivity index is 2.36. The lowest BCUT2D eigenvalue weighted by Gasteiger charge is -2.15. The molecule has 0 unspecified atom stereocenters. The molecule has 1 fully saturated rings. The van der Waals surface area contributed by atoms with E-state index in [9.17, 15) is 9.59 Å². The number of likely N-dealkylation sites (tertiary alicyclic amines) is 1. The summed E-state index contributed by atoms with van der Waals surface area (Å²) in [7, 11) is 0. The molecule has 0 aromatic carbocycles. The third kappa shape index (κ3) is 2.59. The Labute approximate surface area is 82.1 Å². The van der Waals surface area contributed by atoms with Crippen molar-refractivity contribution in [3.8, 4) is 0 Å². The van der Waals surface area contributed by atoms with Crippen LogP contribution in [0, 0.1) is 0 Å². The van der Waals surface area contributed by atoms with Gasteiger partial charge in [0, 0.05) is 19.1 Å². The summed E-state index contributed by atoms with van der Waals surface area (Å²) < 4.78 is 0. The minimum atomic E-state index is -0.942. The van der Waals surface area contributed by atoms with Crippen molar-refractivity contribution in [3.05, 3.63) is 0 Å². The highest BCUT2D eigenvalue weighted by atomic mass is 16.4. The van der Waals surface area contributed by atoms with Gasteiger partial charge in [-0.2, -0.15) is 0 Å². The van der Waals surface area contributed by atoms with E-state index < -0.39 is 12.1 Å². The minimum absolute atomic E-state index is 0.0930. The van der Waals surface area contributed by atoms with Gasteiger partial charge in [-0.05, 0) is 13.3 Å². The summed E-state index contributed by atoms with van der Waals surface area (Å²) in [6.07, 6.45) is -0.285. The Morgan fingerprint density at radius 2 is 2.29 bits per heavy atom. The van der Waals surface area contributed by atoms with Crippen molar-refractivity contribution in [2.24, 2.45) is 5.73 Å². The van der Waals surface area contributed by atoms with Crippen molar-refractivity contribution in [2.45, 2.75) is 25.4 Å². The fourth-order valence-corrected chi connectivity index (χ4v) is 1.38. The Morgan fingerprint density at radius 1 is 1.64 bits per heavy atom. The summed E-state index contributed by atoms with van der Waals surface area (Å²) in [6, 6.07) is -0.640. The Kier molecular flexibility index (Phi) is 3.29. The summed E-state index contributed by atoms with van der Waals surface area (Å²) in [4.78, 5) is 23.0.